The second-order valence-corrected chi connectivity index (χ2v) is 5.92. The SMILES string of the molecule is CCC(OC(=O)Cc1ccc(Br)cc1)C(=O)Nc1cc(C)on1. The van der Waals surface area contributed by atoms with Crippen LogP contribution >= 0.6 is 15.9 Å². The monoisotopic (exact) mass is 380 g/mol. The van der Waals surface area contributed by atoms with E-state index in [0.29, 0.717) is 18.0 Å². The number of aryl methyl sites for hydroxylation is 1. The van der Waals surface area contributed by atoms with E-state index in [2.05, 4.69) is 26.4 Å². The molecule has 2 aromatic rings. The van der Waals surface area contributed by atoms with Crippen molar-refractivity contribution >= 4 is 33.6 Å². The minimum Gasteiger partial charge on any atom is -0.452 e. The lowest BCUT2D eigenvalue weighted by Crippen LogP contribution is -2.32. The molecule has 1 heterocycles. The van der Waals surface area contributed by atoms with Gasteiger partial charge in [-0.05, 0) is 31.0 Å². The molecule has 0 fully saturated rings. The predicted molar refractivity (Wildman–Crippen MR) is 87.9 cm³/mol. The summed E-state index contributed by atoms with van der Waals surface area (Å²) in [6.45, 7) is 3.49. The molecule has 2 rings (SSSR count). The number of anilines is 1. The van der Waals surface area contributed by atoms with Crippen molar-refractivity contribution in [2.24, 2.45) is 0 Å². The number of amides is 1. The molecule has 0 saturated heterocycles. The van der Waals surface area contributed by atoms with E-state index in [1.807, 2.05) is 24.3 Å². The number of nitrogens with one attached hydrogen (secondary N) is 1. The topological polar surface area (TPSA) is 81.4 Å². The number of carbonyl (C=O) groups excluding carboxylic acids is 2. The highest BCUT2D eigenvalue weighted by Gasteiger charge is 2.22. The number of aromatic nitrogens is 1. The van der Waals surface area contributed by atoms with Gasteiger partial charge in [-0.2, -0.15) is 0 Å². The smallest absolute Gasteiger partial charge is 0.311 e. The molecular weight excluding hydrogens is 364 g/mol. The Morgan fingerprint density at radius 1 is 1.35 bits per heavy atom. The van der Waals surface area contributed by atoms with Crippen molar-refractivity contribution in [1.29, 1.82) is 0 Å². The maximum absolute atomic E-state index is 12.1. The van der Waals surface area contributed by atoms with Crippen LogP contribution < -0.4 is 5.32 Å². The van der Waals surface area contributed by atoms with Gasteiger partial charge in [0.2, 0.25) is 0 Å². The Labute approximate surface area is 142 Å². The number of hydrogen-bond acceptors (Lipinski definition) is 5. The third kappa shape index (κ3) is 5.21. The van der Waals surface area contributed by atoms with Crippen LogP contribution in [-0.4, -0.2) is 23.1 Å². The summed E-state index contributed by atoms with van der Waals surface area (Å²) in [5.74, 6) is 0.00565. The number of hydrogen-bond donors (Lipinski definition) is 1. The highest BCUT2D eigenvalue weighted by molar-refractivity contribution is 9.10. The summed E-state index contributed by atoms with van der Waals surface area (Å²) in [6.07, 6.45) is -0.385. The minimum atomic E-state index is -0.866. The number of esters is 1. The molecule has 122 valence electrons. The van der Waals surface area contributed by atoms with Crippen LogP contribution in [0.2, 0.25) is 0 Å². The van der Waals surface area contributed by atoms with Gasteiger partial charge in [0.15, 0.2) is 11.9 Å². The van der Waals surface area contributed by atoms with Crippen LogP contribution in [0.15, 0.2) is 39.3 Å². The van der Waals surface area contributed by atoms with Gasteiger partial charge in [0, 0.05) is 10.5 Å². The first-order valence-corrected chi connectivity index (χ1v) is 7.95. The van der Waals surface area contributed by atoms with E-state index in [9.17, 15) is 9.59 Å². The molecule has 1 unspecified atom stereocenters. The molecule has 0 radical (unpaired) electrons. The van der Waals surface area contributed by atoms with E-state index in [4.69, 9.17) is 9.26 Å². The van der Waals surface area contributed by atoms with E-state index in [1.54, 1.807) is 19.9 Å². The molecule has 7 heteroatoms. The van der Waals surface area contributed by atoms with Gasteiger partial charge in [-0.3, -0.25) is 9.59 Å². The van der Waals surface area contributed by atoms with E-state index < -0.39 is 18.0 Å². The molecule has 1 atom stereocenters. The Hall–Kier alpha value is -2.15. The first-order valence-electron chi connectivity index (χ1n) is 7.16. The molecule has 1 aromatic carbocycles. The summed E-state index contributed by atoms with van der Waals surface area (Å²) >= 11 is 3.33. The number of nitrogens with zero attached hydrogens (tertiary/aromatic N) is 1. The molecule has 0 aliphatic heterocycles. The minimum absolute atomic E-state index is 0.111. The largest absolute Gasteiger partial charge is 0.452 e. The van der Waals surface area contributed by atoms with Gasteiger partial charge in [0.05, 0.1) is 6.42 Å². The molecule has 23 heavy (non-hydrogen) atoms. The van der Waals surface area contributed by atoms with Crippen LogP contribution in [0.4, 0.5) is 5.82 Å². The van der Waals surface area contributed by atoms with Gasteiger partial charge < -0.3 is 14.6 Å². The summed E-state index contributed by atoms with van der Waals surface area (Å²) < 4.78 is 11.1. The standard InChI is InChI=1S/C16H17BrN2O4/c1-3-13(16(21)18-14-8-10(2)23-19-14)22-15(20)9-11-4-6-12(17)7-5-11/h4-8,13H,3,9H2,1-2H3,(H,18,19,21). The molecule has 0 spiro atoms. The maximum Gasteiger partial charge on any atom is 0.311 e. The zero-order valence-electron chi connectivity index (χ0n) is 12.8. The number of rotatable bonds is 6. The van der Waals surface area contributed by atoms with E-state index >= 15 is 0 Å². The van der Waals surface area contributed by atoms with Crippen molar-refractivity contribution in [3.05, 3.63) is 46.1 Å². The molecule has 1 N–H and O–H groups in total. The summed E-state index contributed by atoms with van der Waals surface area (Å²) in [6, 6.07) is 8.93. The molecule has 0 aliphatic carbocycles. The van der Waals surface area contributed by atoms with Crippen molar-refractivity contribution in [2.75, 3.05) is 5.32 Å². The lowest BCUT2D eigenvalue weighted by molar-refractivity contribution is -0.153. The average molecular weight is 381 g/mol. The van der Waals surface area contributed by atoms with E-state index in [-0.39, 0.29) is 6.42 Å². The van der Waals surface area contributed by atoms with Gasteiger partial charge in [-0.1, -0.05) is 40.1 Å². The van der Waals surface area contributed by atoms with Crippen LogP contribution in [-0.2, 0) is 20.7 Å². The van der Waals surface area contributed by atoms with Crippen LogP contribution in [0.1, 0.15) is 24.7 Å². The Bertz CT molecular complexity index is 682. The summed E-state index contributed by atoms with van der Waals surface area (Å²) in [5, 5.41) is 6.24. The molecule has 0 saturated carbocycles. The normalized spacial score (nSPS) is 11.8. The summed E-state index contributed by atoms with van der Waals surface area (Å²) in [5.41, 5.74) is 0.820. The average Bonchev–Trinajstić information content (AvgIpc) is 2.92. The summed E-state index contributed by atoms with van der Waals surface area (Å²) in [4.78, 5) is 24.1. The highest BCUT2D eigenvalue weighted by Crippen LogP contribution is 2.13. The Morgan fingerprint density at radius 3 is 2.61 bits per heavy atom. The van der Waals surface area contributed by atoms with Crippen LogP contribution in [0.25, 0.3) is 0 Å². The fraction of sp³-hybridized carbons (Fsp3) is 0.312. The molecular formula is C16H17BrN2O4. The first-order chi connectivity index (χ1) is 11.0. The lowest BCUT2D eigenvalue weighted by atomic mass is 10.1. The Kier molecular flexibility index (Phi) is 5.92. The zero-order valence-corrected chi connectivity index (χ0v) is 14.4. The molecule has 6 nitrogen and oxygen atoms in total. The molecule has 1 aromatic heterocycles. The number of carbonyl (C=O) groups is 2. The quantitative estimate of drug-likeness (QED) is 0.777. The van der Waals surface area contributed by atoms with Crippen molar-refractivity contribution in [3.63, 3.8) is 0 Å². The van der Waals surface area contributed by atoms with Crippen molar-refractivity contribution in [1.82, 2.24) is 5.16 Å². The maximum atomic E-state index is 12.1. The first kappa shape index (κ1) is 17.2. The van der Waals surface area contributed by atoms with Gasteiger partial charge in [-0.25, -0.2) is 0 Å². The molecule has 1 amide bonds. The van der Waals surface area contributed by atoms with Crippen molar-refractivity contribution in [2.45, 2.75) is 32.8 Å². The summed E-state index contributed by atoms with van der Waals surface area (Å²) in [7, 11) is 0. The second-order valence-electron chi connectivity index (χ2n) is 5.00. The van der Waals surface area contributed by atoms with Gasteiger partial charge in [-0.15, -0.1) is 0 Å². The van der Waals surface area contributed by atoms with Crippen molar-refractivity contribution in [3.8, 4) is 0 Å². The highest BCUT2D eigenvalue weighted by atomic mass is 79.9. The van der Waals surface area contributed by atoms with Gasteiger partial charge in [0.1, 0.15) is 5.76 Å². The number of halogens is 1. The predicted octanol–water partition coefficient (Wildman–Crippen LogP) is 3.25. The van der Waals surface area contributed by atoms with Crippen molar-refractivity contribution < 1.29 is 18.8 Å². The van der Waals surface area contributed by atoms with Crippen LogP contribution in [0, 0.1) is 6.92 Å². The Balaban J connectivity index is 1.91. The van der Waals surface area contributed by atoms with Gasteiger partial charge >= 0.3 is 5.97 Å². The van der Waals surface area contributed by atoms with Crippen LogP contribution in [0.3, 0.4) is 0 Å². The number of ether oxygens (including phenoxy) is 1. The zero-order chi connectivity index (χ0) is 16.8. The number of benzene rings is 1. The third-order valence-electron chi connectivity index (χ3n) is 3.08. The van der Waals surface area contributed by atoms with Gasteiger partial charge in [0.25, 0.3) is 5.91 Å². The third-order valence-corrected chi connectivity index (χ3v) is 3.61. The van der Waals surface area contributed by atoms with Crippen LogP contribution in [0.5, 0.6) is 0 Å². The van der Waals surface area contributed by atoms with E-state index in [0.717, 1.165) is 10.0 Å². The fourth-order valence-corrected chi connectivity index (χ4v) is 2.19. The Morgan fingerprint density at radius 2 is 2.04 bits per heavy atom. The molecule has 0 aliphatic rings. The second kappa shape index (κ2) is 7.92. The molecule has 0 bridgehead atoms. The fourth-order valence-electron chi connectivity index (χ4n) is 1.92. The lowest BCUT2D eigenvalue weighted by Gasteiger charge is -2.15. The van der Waals surface area contributed by atoms with E-state index in [1.165, 1.54) is 0 Å².